The van der Waals surface area contributed by atoms with Gasteiger partial charge in [-0.3, -0.25) is 0 Å². The van der Waals surface area contributed by atoms with E-state index in [1.807, 2.05) is 6.92 Å². The first-order valence-electron chi connectivity index (χ1n) is 6.00. The molecule has 0 aromatic heterocycles. The van der Waals surface area contributed by atoms with Crippen LogP contribution in [0.3, 0.4) is 0 Å². The Kier molecular flexibility index (Phi) is 4.31. The van der Waals surface area contributed by atoms with Crippen LogP contribution in [-0.4, -0.2) is 61.3 Å². The molecule has 5 nitrogen and oxygen atoms in total. The first-order valence-corrected chi connectivity index (χ1v) is 7.94. The summed E-state index contributed by atoms with van der Waals surface area (Å²) in [7, 11) is -3.31. The van der Waals surface area contributed by atoms with Gasteiger partial charge >= 0.3 is 0 Å². The zero-order valence-corrected chi connectivity index (χ0v) is 11.6. The molecule has 0 N–H and O–H groups in total. The lowest BCUT2D eigenvalue weighted by atomic mass is 10.3. The highest BCUT2D eigenvalue weighted by atomic mass is 35.5. The van der Waals surface area contributed by atoms with Crippen LogP contribution in [-0.2, 0) is 14.9 Å². The van der Waals surface area contributed by atoms with Crippen molar-refractivity contribution >= 4 is 21.8 Å². The van der Waals surface area contributed by atoms with Gasteiger partial charge in [0, 0.05) is 32.1 Å². The number of ether oxygens (including phenoxy) is 1. The van der Waals surface area contributed by atoms with Crippen molar-refractivity contribution in [2.24, 2.45) is 0 Å². The summed E-state index contributed by atoms with van der Waals surface area (Å²) in [5.74, 6) is 0.330. The fraction of sp³-hybridized carbons (Fsp3) is 1.00. The van der Waals surface area contributed by atoms with E-state index in [9.17, 15) is 8.42 Å². The molecule has 0 spiro atoms. The molecule has 0 radical (unpaired) electrons. The van der Waals surface area contributed by atoms with Gasteiger partial charge in [0.25, 0.3) is 10.2 Å². The minimum absolute atomic E-state index is 0.0927. The molecule has 7 heteroatoms. The van der Waals surface area contributed by atoms with Crippen LogP contribution >= 0.6 is 11.6 Å². The Morgan fingerprint density at radius 3 is 2.47 bits per heavy atom. The van der Waals surface area contributed by atoms with E-state index in [4.69, 9.17) is 16.3 Å². The van der Waals surface area contributed by atoms with Gasteiger partial charge in [-0.25, -0.2) is 0 Å². The maximum absolute atomic E-state index is 12.3. The van der Waals surface area contributed by atoms with Gasteiger partial charge in [-0.05, 0) is 19.8 Å². The zero-order chi connectivity index (χ0) is 12.5. The highest BCUT2D eigenvalue weighted by Crippen LogP contribution is 2.21. The number of rotatable bonds is 3. The van der Waals surface area contributed by atoms with Crippen molar-refractivity contribution in [3.8, 4) is 0 Å². The molecule has 0 amide bonds. The predicted molar refractivity (Wildman–Crippen MR) is 66.4 cm³/mol. The smallest absolute Gasteiger partial charge is 0.282 e. The molecule has 2 saturated heterocycles. The van der Waals surface area contributed by atoms with E-state index in [-0.39, 0.29) is 12.2 Å². The summed E-state index contributed by atoms with van der Waals surface area (Å²) in [6.45, 7) is 3.95. The number of morpholine rings is 1. The van der Waals surface area contributed by atoms with Crippen LogP contribution in [0, 0.1) is 0 Å². The Hall–Kier alpha value is 0.120. The molecule has 2 aliphatic rings. The second-order valence-corrected chi connectivity index (χ2v) is 6.89. The number of nitrogens with zero attached hydrogens (tertiary/aromatic N) is 2. The van der Waals surface area contributed by atoms with Crippen LogP contribution in [0.2, 0.25) is 0 Å². The molecule has 2 fully saturated rings. The first kappa shape index (κ1) is 13.5. The SMILES string of the molecule is CC1CN(S(=O)(=O)N2CCCC2)CC(CCl)O1. The average Bonchev–Trinajstić information content (AvgIpc) is 2.82. The van der Waals surface area contributed by atoms with Crippen LogP contribution in [0.4, 0.5) is 0 Å². The lowest BCUT2D eigenvalue weighted by Crippen LogP contribution is -2.53. The van der Waals surface area contributed by atoms with Gasteiger partial charge in [0.05, 0.1) is 12.2 Å². The van der Waals surface area contributed by atoms with Gasteiger partial charge in [-0.2, -0.15) is 17.0 Å². The van der Waals surface area contributed by atoms with Crippen molar-refractivity contribution < 1.29 is 13.2 Å². The van der Waals surface area contributed by atoms with Crippen LogP contribution in [0.1, 0.15) is 19.8 Å². The molecule has 100 valence electrons. The summed E-state index contributed by atoms with van der Waals surface area (Å²) < 4.78 is 33.3. The zero-order valence-electron chi connectivity index (χ0n) is 10.0. The summed E-state index contributed by atoms with van der Waals surface area (Å²) in [6.07, 6.45) is 1.62. The van der Waals surface area contributed by atoms with E-state index in [2.05, 4.69) is 0 Å². The molecule has 2 aliphatic heterocycles. The van der Waals surface area contributed by atoms with E-state index in [1.165, 1.54) is 4.31 Å². The topological polar surface area (TPSA) is 49.9 Å². The largest absolute Gasteiger partial charge is 0.371 e. The molecule has 17 heavy (non-hydrogen) atoms. The van der Waals surface area contributed by atoms with Crippen LogP contribution in [0.25, 0.3) is 0 Å². The lowest BCUT2D eigenvalue weighted by Gasteiger charge is -2.36. The van der Waals surface area contributed by atoms with E-state index in [1.54, 1.807) is 4.31 Å². The molecular weight excluding hydrogens is 264 g/mol. The minimum atomic E-state index is -3.31. The number of alkyl halides is 1. The van der Waals surface area contributed by atoms with Crippen LogP contribution in [0.5, 0.6) is 0 Å². The Morgan fingerprint density at radius 2 is 1.88 bits per heavy atom. The third-order valence-electron chi connectivity index (χ3n) is 3.18. The molecule has 2 rings (SSSR count). The normalized spacial score (nSPS) is 33.1. The average molecular weight is 283 g/mol. The summed E-state index contributed by atoms with van der Waals surface area (Å²) in [4.78, 5) is 0. The minimum Gasteiger partial charge on any atom is -0.371 e. The molecule has 0 aromatic carbocycles. The second-order valence-electron chi connectivity index (χ2n) is 4.65. The standard InChI is InChI=1S/C10H19ClN2O3S/c1-9-7-13(8-10(6-11)16-9)17(14,15)12-4-2-3-5-12/h9-10H,2-8H2,1H3. The van der Waals surface area contributed by atoms with E-state index in [0.29, 0.717) is 32.1 Å². The van der Waals surface area contributed by atoms with Gasteiger partial charge in [0.15, 0.2) is 0 Å². The lowest BCUT2D eigenvalue weighted by molar-refractivity contribution is -0.0435. The van der Waals surface area contributed by atoms with E-state index < -0.39 is 10.2 Å². The van der Waals surface area contributed by atoms with Gasteiger partial charge in [-0.15, -0.1) is 11.6 Å². The van der Waals surface area contributed by atoms with Crippen molar-refractivity contribution in [2.75, 3.05) is 32.1 Å². The Balaban J connectivity index is 2.09. The van der Waals surface area contributed by atoms with Crippen LogP contribution < -0.4 is 0 Å². The van der Waals surface area contributed by atoms with Gasteiger partial charge < -0.3 is 4.74 Å². The number of halogens is 1. The molecular formula is C10H19ClN2O3S. The van der Waals surface area contributed by atoms with Crippen LogP contribution in [0.15, 0.2) is 0 Å². The van der Waals surface area contributed by atoms with E-state index >= 15 is 0 Å². The predicted octanol–water partition coefficient (Wildman–Crippen LogP) is 0.655. The summed E-state index contributed by atoms with van der Waals surface area (Å²) >= 11 is 5.76. The first-order chi connectivity index (χ1) is 8.04. The summed E-state index contributed by atoms with van der Waals surface area (Å²) in [5.41, 5.74) is 0. The highest BCUT2D eigenvalue weighted by Gasteiger charge is 2.37. The third-order valence-corrected chi connectivity index (χ3v) is 5.50. The molecule has 2 unspecified atom stereocenters. The van der Waals surface area contributed by atoms with Gasteiger partial charge in [0.2, 0.25) is 0 Å². The van der Waals surface area contributed by atoms with Crippen molar-refractivity contribution in [1.82, 2.24) is 8.61 Å². The van der Waals surface area contributed by atoms with Crippen molar-refractivity contribution in [1.29, 1.82) is 0 Å². The fourth-order valence-corrected chi connectivity index (χ4v) is 4.33. The maximum atomic E-state index is 12.3. The maximum Gasteiger partial charge on any atom is 0.282 e. The molecule has 0 saturated carbocycles. The van der Waals surface area contributed by atoms with Crippen molar-refractivity contribution in [3.05, 3.63) is 0 Å². The van der Waals surface area contributed by atoms with Crippen molar-refractivity contribution in [2.45, 2.75) is 32.0 Å². The fourth-order valence-electron chi connectivity index (χ4n) is 2.36. The highest BCUT2D eigenvalue weighted by molar-refractivity contribution is 7.86. The molecule has 0 bridgehead atoms. The van der Waals surface area contributed by atoms with Gasteiger partial charge in [0.1, 0.15) is 0 Å². The Labute approximate surface area is 108 Å². The molecule has 0 aromatic rings. The number of hydrogen-bond acceptors (Lipinski definition) is 3. The Morgan fingerprint density at radius 1 is 1.24 bits per heavy atom. The summed E-state index contributed by atoms with van der Waals surface area (Å²) in [5, 5.41) is 0. The van der Waals surface area contributed by atoms with Crippen molar-refractivity contribution in [3.63, 3.8) is 0 Å². The second kappa shape index (κ2) is 5.40. The molecule has 0 aliphatic carbocycles. The summed E-state index contributed by atoms with van der Waals surface area (Å²) in [6, 6.07) is 0. The van der Waals surface area contributed by atoms with Gasteiger partial charge in [-0.1, -0.05) is 0 Å². The van der Waals surface area contributed by atoms with E-state index in [0.717, 1.165) is 12.8 Å². The molecule has 2 heterocycles. The third kappa shape index (κ3) is 2.93. The number of hydrogen-bond donors (Lipinski definition) is 0. The Bertz CT molecular complexity index is 357. The monoisotopic (exact) mass is 282 g/mol. The quantitative estimate of drug-likeness (QED) is 0.715. The molecule has 2 atom stereocenters.